The van der Waals surface area contributed by atoms with Crippen molar-refractivity contribution in [3.05, 3.63) is 65.4 Å². The molecule has 3 rings (SSSR count). The van der Waals surface area contributed by atoms with E-state index in [9.17, 15) is 4.79 Å². The van der Waals surface area contributed by atoms with Crippen LogP contribution in [0.4, 0.5) is 0 Å². The first kappa shape index (κ1) is 13.3. The first-order valence-corrected chi connectivity index (χ1v) is 6.42. The van der Waals surface area contributed by atoms with Crippen molar-refractivity contribution in [1.29, 1.82) is 0 Å². The summed E-state index contributed by atoms with van der Waals surface area (Å²) in [5.41, 5.74) is 1.15. The number of halogens is 1. The molecule has 0 amide bonds. The molecule has 7 heteroatoms. The smallest absolute Gasteiger partial charge is 0.343 e. The Morgan fingerprint density at radius 1 is 1.10 bits per heavy atom. The lowest BCUT2D eigenvalue weighted by atomic mass is 10.2. The lowest BCUT2D eigenvalue weighted by Crippen LogP contribution is -2.09. The molecular weight excluding hydrogens is 292 g/mol. The number of carbonyl (C=O) groups is 1. The Hall–Kier alpha value is -2.73. The van der Waals surface area contributed by atoms with Crippen LogP contribution in [0.1, 0.15) is 10.4 Å². The monoisotopic (exact) mass is 300 g/mol. The Balaban J connectivity index is 1.78. The van der Waals surface area contributed by atoms with Crippen LogP contribution in [0.2, 0.25) is 5.02 Å². The van der Waals surface area contributed by atoms with Gasteiger partial charge in [0.1, 0.15) is 12.1 Å². The van der Waals surface area contributed by atoms with Gasteiger partial charge in [-0.1, -0.05) is 23.7 Å². The summed E-state index contributed by atoms with van der Waals surface area (Å²) in [7, 11) is 0. The molecule has 0 unspecified atom stereocenters. The SMILES string of the molecule is O=C(Oc1ccccc1Cl)c1ccc(-n2cnnn2)cc1. The normalized spacial score (nSPS) is 10.3. The molecule has 0 aliphatic heterocycles. The van der Waals surface area contributed by atoms with Gasteiger partial charge in [-0.15, -0.1) is 5.10 Å². The minimum Gasteiger partial charge on any atom is -0.421 e. The summed E-state index contributed by atoms with van der Waals surface area (Å²) in [4.78, 5) is 12.0. The number of hydrogen-bond donors (Lipinski definition) is 0. The number of carbonyl (C=O) groups excluding carboxylic acids is 1. The van der Waals surface area contributed by atoms with Gasteiger partial charge in [-0.25, -0.2) is 9.48 Å². The van der Waals surface area contributed by atoms with Gasteiger partial charge in [0.15, 0.2) is 0 Å². The van der Waals surface area contributed by atoms with E-state index in [1.165, 1.54) is 11.0 Å². The number of nitrogens with zero attached hydrogens (tertiary/aromatic N) is 4. The average molecular weight is 301 g/mol. The van der Waals surface area contributed by atoms with E-state index < -0.39 is 5.97 Å². The highest BCUT2D eigenvalue weighted by Crippen LogP contribution is 2.24. The van der Waals surface area contributed by atoms with E-state index in [0.717, 1.165) is 5.69 Å². The van der Waals surface area contributed by atoms with Gasteiger partial charge in [0.25, 0.3) is 0 Å². The summed E-state index contributed by atoms with van der Waals surface area (Å²) in [5.74, 6) is -0.153. The minimum absolute atomic E-state index is 0.328. The molecular formula is C14H9ClN4O2. The number of ether oxygens (including phenoxy) is 1. The summed E-state index contributed by atoms with van der Waals surface area (Å²) in [6, 6.07) is 13.5. The number of esters is 1. The van der Waals surface area contributed by atoms with Crippen molar-refractivity contribution >= 4 is 17.6 Å². The van der Waals surface area contributed by atoms with Gasteiger partial charge in [0.2, 0.25) is 0 Å². The van der Waals surface area contributed by atoms with Crippen LogP contribution in [-0.2, 0) is 0 Å². The van der Waals surface area contributed by atoms with Crippen LogP contribution in [0.3, 0.4) is 0 Å². The van der Waals surface area contributed by atoms with Crippen molar-refractivity contribution in [1.82, 2.24) is 20.2 Å². The van der Waals surface area contributed by atoms with E-state index in [4.69, 9.17) is 16.3 Å². The maximum Gasteiger partial charge on any atom is 0.343 e. The van der Waals surface area contributed by atoms with Crippen LogP contribution in [0.15, 0.2) is 54.9 Å². The van der Waals surface area contributed by atoms with Gasteiger partial charge < -0.3 is 4.74 Å². The predicted octanol–water partition coefficient (Wildman–Crippen LogP) is 2.53. The molecule has 21 heavy (non-hydrogen) atoms. The molecule has 1 aromatic heterocycles. The lowest BCUT2D eigenvalue weighted by molar-refractivity contribution is 0.0735. The Bertz CT molecular complexity index is 757. The molecule has 0 fully saturated rings. The highest BCUT2D eigenvalue weighted by Gasteiger charge is 2.11. The van der Waals surface area contributed by atoms with Crippen molar-refractivity contribution in [2.75, 3.05) is 0 Å². The lowest BCUT2D eigenvalue weighted by Gasteiger charge is -2.06. The maximum absolute atomic E-state index is 12.0. The second-order valence-corrected chi connectivity index (χ2v) is 4.53. The molecule has 3 aromatic rings. The van der Waals surface area contributed by atoms with E-state index in [1.54, 1.807) is 48.5 Å². The molecule has 1 heterocycles. The summed E-state index contributed by atoms with van der Waals surface area (Å²) < 4.78 is 6.73. The Morgan fingerprint density at radius 3 is 2.52 bits per heavy atom. The van der Waals surface area contributed by atoms with Crippen molar-refractivity contribution < 1.29 is 9.53 Å². The standard InChI is InChI=1S/C14H9ClN4O2/c15-12-3-1-2-4-13(12)21-14(20)10-5-7-11(8-6-10)19-9-16-17-18-19/h1-9H. The Kier molecular flexibility index (Phi) is 3.61. The Morgan fingerprint density at radius 2 is 1.86 bits per heavy atom. The first-order chi connectivity index (χ1) is 10.2. The molecule has 0 atom stereocenters. The quantitative estimate of drug-likeness (QED) is 0.549. The molecule has 104 valence electrons. The van der Waals surface area contributed by atoms with Crippen molar-refractivity contribution in [2.24, 2.45) is 0 Å². The van der Waals surface area contributed by atoms with E-state index in [-0.39, 0.29) is 0 Å². The zero-order valence-electron chi connectivity index (χ0n) is 10.7. The fraction of sp³-hybridized carbons (Fsp3) is 0. The maximum atomic E-state index is 12.0. The van der Waals surface area contributed by atoms with Gasteiger partial charge >= 0.3 is 5.97 Å². The van der Waals surface area contributed by atoms with Crippen LogP contribution in [0.5, 0.6) is 5.75 Å². The summed E-state index contributed by atoms with van der Waals surface area (Å²) in [6.45, 7) is 0. The second-order valence-electron chi connectivity index (χ2n) is 4.12. The van der Waals surface area contributed by atoms with E-state index in [2.05, 4.69) is 15.5 Å². The van der Waals surface area contributed by atoms with Gasteiger partial charge in [-0.05, 0) is 46.8 Å². The van der Waals surface area contributed by atoms with Gasteiger partial charge in [0.05, 0.1) is 16.3 Å². The third-order valence-corrected chi connectivity index (χ3v) is 3.07. The van der Waals surface area contributed by atoms with E-state index in [0.29, 0.717) is 16.3 Å². The number of aromatic nitrogens is 4. The molecule has 0 aliphatic rings. The molecule has 2 aromatic carbocycles. The second kappa shape index (κ2) is 5.72. The zero-order chi connectivity index (χ0) is 14.7. The molecule has 0 bridgehead atoms. The minimum atomic E-state index is -0.480. The van der Waals surface area contributed by atoms with Crippen LogP contribution >= 0.6 is 11.6 Å². The summed E-state index contributed by atoms with van der Waals surface area (Å²) >= 11 is 5.95. The topological polar surface area (TPSA) is 69.9 Å². The average Bonchev–Trinajstić information content (AvgIpc) is 3.04. The van der Waals surface area contributed by atoms with Crippen LogP contribution < -0.4 is 4.74 Å². The molecule has 0 N–H and O–H groups in total. The highest BCUT2D eigenvalue weighted by molar-refractivity contribution is 6.32. The first-order valence-electron chi connectivity index (χ1n) is 6.04. The summed E-state index contributed by atoms with van der Waals surface area (Å²) in [5, 5.41) is 11.2. The third kappa shape index (κ3) is 2.90. The van der Waals surface area contributed by atoms with Crippen LogP contribution in [-0.4, -0.2) is 26.2 Å². The number of tetrazole rings is 1. The fourth-order valence-electron chi connectivity index (χ4n) is 1.72. The highest BCUT2D eigenvalue weighted by atomic mass is 35.5. The van der Waals surface area contributed by atoms with E-state index in [1.807, 2.05) is 0 Å². The van der Waals surface area contributed by atoms with Gasteiger partial charge in [-0.2, -0.15) is 0 Å². The van der Waals surface area contributed by atoms with Gasteiger partial charge in [0, 0.05) is 0 Å². The Labute approximate surface area is 124 Å². The molecule has 0 radical (unpaired) electrons. The number of hydrogen-bond acceptors (Lipinski definition) is 5. The summed E-state index contributed by atoms with van der Waals surface area (Å²) in [6.07, 6.45) is 1.47. The zero-order valence-corrected chi connectivity index (χ0v) is 11.4. The predicted molar refractivity (Wildman–Crippen MR) is 75.6 cm³/mol. The van der Waals surface area contributed by atoms with E-state index >= 15 is 0 Å². The molecule has 6 nitrogen and oxygen atoms in total. The number of para-hydroxylation sites is 1. The molecule has 0 saturated carbocycles. The fourth-order valence-corrected chi connectivity index (χ4v) is 1.89. The largest absolute Gasteiger partial charge is 0.421 e. The molecule has 0 saturated heterocycles. The number of benzene rings is 2. The van der Waals surface area contributed by atoms with Crippen LogP contribution in [0, 0.1) is 0 Å². The third-order valence-electron chi connectivity index (χ3n) is 2.76. The van der Waals surface area contributed by atoms with Crippen molar-refractivity contribution in [3.63, 3.8) is 0 Å². The van der Waals surface area contributed by atoms with Crippen molar-refractivity contribution in [3.8, 4) is 11.4 Å². The number of rotatable bonds is 3. The van der Waals surface area contributed by atoms with Crippen LogP contribution in [0.25, 0.3) is 5.69 Å². The molecule has 0 aliphatic carbocycles. The van der Waals surface area contributed by atoms with Crippen molar-refractivity contribution in [2.45, 2.75) is 0 Å². The van der Waals surface area contributed by atoms with Gasteiger partial charge in [-0.3, -0.25) is 0 Å². The molecule has 0 spiro atoms.